The molecule has 0 spiro atoms. The summed E-state index contributed by atoms with van der Waals surface area (Å²) in [6, 6.07) is 13.1. The van der Waals surface area contributed by atoms with Crippen LogP contribution < -0.4 is 15.4 Å². The molecule has 6 heteroatoms. The number of hydrogen-bond acceptors (Lipinski definition) is 2. The largest absolute Gasteiger partial charge is 0.487 e. The first kappa shape index (κ1) is 17.3. The quantitative estimate of drug-likeness (QED) is 0.665. The normalized spacial score (nSPS) is 18.2. The molecule has 1 heterocycles. The van der Waals surface area contributed by atoms with Crippen LogP contribution in [0.3, 0.4) is 0 Å². The number of halogens is 2. The molecule has 0 unspecified atom stereocenters. The lowest BCUT2D eigenvalue weighted by Gasteiger charge is -2.38. The highest BCUT2D eigenvalue weighted by molar-refractivity contribution is 7.80. The van der Waals surface area contributed by atoms with Crippen molar-refractivity contribution in [3.8, 4) is 5.75 Å². The first-order chi connectivity index (χ1) is 11.3. The molecular formula is C18H18Cl2N2OS. The minimum Gasteiger partial charge on any atom is -0.487 e. The Morgan fingerprint density at radius 2 is 1.79 bits per heavy atom. The number of anilines is 1. The molecule has 1 aliphatic rings. The zero-order valence-corrected chi connectivity index (χ0v) is 15.7. The molecule has 0 fully saturated rings. The van der Waals surface area contributed by atoms with E-state index in [1.807, 2.05) is 42.5 Å². The molecule has 0 bridgehead atoms. The number of benzene rings is 2. The van der Waals surface area contributed by atoms with E-state index in [4.69, 9.17) is 40.2 Å². The summed E-state index contributed by atoms with van der Waals surface area (Å²) >= 11 is 17.5. The molecule has 24 heavy (non-hydrogen) atoms. The van der Waals surface area contributed by atoms with Gasteiger partial charge in [-0.3, -0.25) is 0 Å². The van der Waals surface area contributed by atoms with Gasteiger partial charge in [0.05, 0.1) is 6.04 Å². The second-order valence-electron chi connectivity index (χ2n) is 6.41. The Balaban J connectivity index is 1.77. The smallest absolute Gasteiger partial charge is 0.171 e. The van der Waals surface area contributed by atoms with Crippen molar-refractivity contribution in [3.05, 3.63) is 58.1 Å². The third-order valence-electron chi connectivity index (χ3n) is 3.84. The topological polar surface area (TPSA) is 33.3 Å². The van der Waals surface area contributed by atoms with E-state index in [1.54, 1.807) is 0 Å². The van der Waals surface area contributed by atoms with Gasteiger partial charge in [-0.1, -0.05) is 23.2 Å². The Hall–Kier alpha value is -1.49. The van der Waals surface area contributed by atoms with Gasteiger partial charge < -0.3 is 15.4 Å². The lowest BCUT2D eigenvalue weighted by atomic mass is 9.90. The van der Waals surface area contributed by atoms with Crippen LogP contribution in [0.15, 0.2) is 42.5 Å². The summed E-state index contributed by atoms with van der Waals surface area (Å²) in [5.74, 6) is 0.836. The van der Waals surface area contributed by atoms with Gasteiger partial charge in [0.15, 0.2) is 5.11 Å². The third-order valence-corrected chi connectivity index (χ3v) is 4.54. The highest BCUT2D eigenvalue weighted by Gasteiger charge is 2.34. The van der Waals surface area contributed by atoms with Crippen molar-refractivity contribution >= 4 is 46.2 Å². The highest BCUT2D eigenvalue weighted by atomic mass is 35.5. The van der Waals surface area contributed by atoms with Crippen molar-refractivity contribution in [1.29, 1.82) is 0 Å². The van der Waals surface area contributed by atoms with E-state index in [0.717, 1.165) is 23.4 Å². The standard InChI is InChI=1S/C18H18Cl2N2OS/c1-18(2)10-15(14-9-12(20)5-8-16(14)23-18)22-17(24)21-13-6-3-11(19)4-7-13/h3-9,15H,10H2,1-2H3,(H2,21,22,24)/t15-/m1/s1. The fourth-order valence-electron chi connectivity index (χ4n) is 2.81. The van der Waals surface area contributed by atoms with Gasteiger partial charge in [0, 0.05) is 27.7 Å². The van der Waals surface area contributed by atoms with Crippen molar-refractivity contribution in [2.75, 3.05) is 5.32 Å². The van der Waals surface area contributed by atoms with Gasteiger partial charge in [0.2, 0.25) is 0 Å². The van der Waals surface area contributed by atoms with Crippen molar-refractivity contribution < 1.29 is 4.74 Å². The van der Waals surface area contributed by atoms with Crippen molar-refractivity contribution in [2.24, 2.45) is 0 Å². The average Bonchev–Trinajstić information content (AvgIpc) is 2.49. The van der Waals surface area contributed by atoms with Gasteiger partial charge >= 0.3 is 0 Å². The van der Waals surface area contributed by atoms with Crippen LogP contribution >= 0.6 is 35.4 Å². The fourth-order valence-corrected chi connectivity index (χ4v) is 3.38. The molecule has 2 N–H and O–H groups in total. The Bertz CT molecular complexity index is 762. The van der Waals surface area contributed by atoms with Gasteiger partial charge in [-0.15, -0.1) is 0 Å². The summed E-state index contributed by atoms with van der Waals surface area (Å²) in [6.07, 6.45) is 0.781. The minimum atomic E-state index is -0.283. The van der Waals surface area contributed by atoms with Crippen molar-refractivity contribution in [3.63, 3.8) is 0 Å². The van der Waals surface area contributed by atoms with Crippen LogP contribution in [0.5, 0.6) is 5.75 Å². The van der Waals surface area contributed by atoms with Gasteiger partial charge in [0.25, 0.3) is 0 Å². The number of hydrogen-bond donors (Lipinski definition) is 2. The molecule has 1 aliphatic heterocycles. The van der Waals surface area contributed by atoms with Crippen LogP contribution in [0.2, 0.25) is 10.0 Å². The fraction of sp³-hybridized carbons (Fsp3) is 0.278. The zero-order valence-electron chi connectivity index (χ0n) is 13.4. The maximum atomic E-state index is 6.15. The van der Waals surface area contributed by atoms with Gasteiger partial charge in [-0.05, 0) is 68.5 Å². The first-order valence-corrected chi connectivity index (χ1v) is 8.80. The molecule has 2 aromatic rings. The van der Waals surface area contributed by atoms with Crippen molar-refractivity contribution in [2.45, 2.75) is 31.9 Å². The minimum absolute atomic E-state index is 0.0229. The van der Waals surface area contributed by atoms with E-state index >= 15 is 0 Å². The Labute approximate surface area is 157 Å². The zero-order chi connectivity index (χ0) is 17.3. The monoisotopic (exact) mass is 380 g/mol. The van der Waals surface area contributed by atoms with Crippen molar-refractivity contribution in [1.82, 2.24) is 5.32 Å². The summed E-state index contributed by atoms with van der Waals surface area (Å²) in [6.45, 7) is 4.13. The maximum Gasteiger partial charge on any atom is 0.171 e. The van der Waals surface area contributed by atoms with Crippen LogP contribution in [-0.2, 0) is 0 Å². The van der Waals surface area contributed by atoms with E-state index < -0.39 is 0 Å². The van der Waals surface area contributed by atoms with Gasteiger partial charge in [-0.2, -0.15) is 0 Å². The van der Waals surface area contributed by atoms with Crippen LogP contribution in [0.25, 0.3) is 0 Å². The molecule has 0 saturated heterocycles. The second kappa shape index (κ2) is 6.79. The van der Waals surface area contributed by atoms with Crippen LogP contribution in [-0.4, -0.2) is 10.7 Å². The predicted octanol–water partition coefficient (Wildman–Crippen LogP) is 5.58. The summed E-state index contributed by atoms with van der Waals surface area (Å²) < 4.78 is 6.04. The average molecular weight is 381 g/mol. The first-order valence-electron chi connectivity index (χ1n) is 7.64. The molecule has 0 amide bonds. The third kappa shape index (κ3) is 4.12. The number of thiocarbonyl (C=S) groups is 1. The van der Waals surface area contributed by atoms with E-state index in [-0.39, 0.29) is 11.6 Å². The molecular weight excluding hydrogens is 363 g/mol. The van der Waals surface area contributed by atoms with Gasteiger partial charge in [0.1, 0.15) is 11.4 Å². The summed E-state index contributed by atoms with van der Waals surface area (Å²) in [4.78, 5) is 0. The highest BCUT2D eigenvalue weighted by Crippen LogP contribution is 2.40. The molecule has 3 rings (SSSR count). The van der Waals surface area contributed by atoms with E-state index in [2.05, 4.69) is 24.5 Å². The number of fused-ring (bicyclic) bond motifs is 1. The van der Waals surface area contributed by atoms with E-state index in [0.29, 0.717) is 15.2 Å². The lowest BCUT2D eigenvalue weighted by molar-refractivity contribution is 0.0697. The maximum absolute atomic E-state index is 6.15. The second-order valence-corrected chi connectivity index (χ2v) is 7.69. The number of nitrogens with one attached hydrogen (secondary N) is 2. The van der Waals surface area contributed by atoms with Crippen LogP contribution in [0.4, 0.5) is 5.69 Å². The Morgan fingerprint density at radius 1 is 1.12 bits per heavy atom. The predicted molar refractivity (Wildman–Crippen MR) is 104 cm³/mol. The summed E-state index contributed by atoms with van der Waals surface area (Å²) in [7, 11) is 0. The van der Waals surface area contributed by atoms with Crippen LogP contribution in [0, 0.1) is 0 Å². The molecule has 3 nitrogen and oxygen atoms in total. The molecule has 0 aromatic heterocycles. The molecule has 0 saturated carbocycles. The molecule has 126 valence electrons. The Morgan fingerprint density at radius 3 is 2.50 bits per heavy atom. The van der Waals surface area contributed by atoms with Crippen LogP contribution in [0.1, 0.15) is 31.9 Å². The summed E-state index contributed by atoms with van der Waals surface area (Å²) in [5.41, 5.74) is 1.62. The number of rotatable bonds is 2. The van der Waals surface area contributed by atoms with E-state index in [9.17, 15) is 0 Å². The molecule has 0 radical (unpaired) electrons. The SMILES string of the molecule is CC1(C)C[C@@H](NC(=S)Nc2ccc(Cl)cc2)c2cc(Cl)ccc2O1. The molecule has 1 atom stereocenters. The number of ether oxygens (including phenoxy) is 1. The summed E-state index contributed by atoms with van der Waals surface area (Å²) in [5, 5.41) is 8.46. The molecule has 0 aliphatic carbocycles. The van der Waals surface area contributed by atoms with Gasteiger partial charge in [-0.25, -0.2) is 0 Å². The lowest BCUT2D eigenvalue weighted by Crippen LogP contribution is -2.42. The Kier molecular flexibility index (Phi) is 4.90. The molecule has 2 aromatic carbocycles. The van der Waals surface area contributed by atoms with E-state index in [1.165, 1.54) is 0 Å².